The van der Waals surface area contributed by atoms with Crippen molar-refractivity contribution in [3.8, 4) is 0 Å². The Kier molecular flexibility index (Phi) is 2.35. The SMILES string of the molecule is CC1C/C(=C\c2ccccc2)C(=O)O1. The Morgan fingerprint density at radius 3 is 2.64 bits per heavy atom. The third-order valence-electron chi connectivity index (χ3n) is 2.22. The van der Waals surface area contributed by atoms with Crippen molar-refractivity contribution in [1.29, 1.82) is 0 Å². The molecule has 0 N–H and O–H groups in total. The highest BCUT2D eigenvalue weighted by atomic mass is 16.5. The van der Waals surface area contributed by atoms with E-state index in [0.29, 0.717) is 6.42 Å². The predicted molar refractivity (Wildman–Crippen MR) is 54.6 cm³/mol. The Hall–Kier alpha value is -1.57. The molecule has 0 spiro atoms. The molecule has 1 atom stereocenters. The summed E-state index contributed by atoms with van der Waals surface area (Å²) >= 11 is 0. The molecule has 0 aliphatic carbocycles. The smallest absolute Gasteiger partial charge is 0.334 e. The van der Waals surface area contributed by atoms with Crippen LogP contribution in [-0.2, 0) is 9.53 Å². The van der Waals surface area contributed by atoms with Gasteiger partial charge in [-0.25, -0.2) is 4.79 Å². The molecular formula is C12H12O2. The van der Waals surface area contributed by atoms with Crippen LogP contribution in [0.15, 0.2) is 35.9 Å². The van der Waals surface area contributed by atoms with Crippen LogP contribution < -0.4 is 0 Å². The lowest BCUT2D eigenvalue weighted by atomic mass is 10.1. The summed E-state index contributed by atoms with van der Waals surface area (Å²) in [4.78, 5) is 11.3. The molecule has 1 fully saturated rings. The minimum atomic E-state index is -0.179. The van der Waals surface area contributed by atoms with Crippen LogP contribution in [0.3, 0.4) is 0 Å². The topological polar surface area (TPSA) is 26.3 Å². The zero-order valence-corrected chi connectivity index (χ0v) is 8.07. The first-order valence-electron chi connectivity index (χ1n) is 4.72. The lowest BCUT2D eigenvalue weighted by Crippen LogP contribution is -1.99. The van der Waals surface area contributed by atoms with Crippen LogP contribution >= 0.6 is 0 Å². The second kappa shape index (κ2) is 3.66. The summed E-state index contributed by atoms with van der Waals surface area (Å²) < 4.78 is 5.04. The van der Waals surface area contributed by atoms with Gasteiger partial charge in [0.1, 0.15) is 6.10 Å². The van der Waals surface area contributed by atoms with Crippen LogP contribution in [0, 0.1) is 0 Å². The van der Waals surface area contributed by atoms with Gasteiger partial charge in [0.15, 0.2) is 0 Å². The van der Waals surface area contributed by atoms with Crippen molar-refractivity contribution in [1.82, 2.24) is 0 Å². The number of hydrogen-bond donors (Lipinski definition) is 0. The second-order valence-electron chi connectivity index (χ2n) is 3.50. The van der Waals surface area contributed by atoms with Gasteiger partial charge >= 0.3 is 5.97 Å². The first-order chi connectivity index (χ1) is 6.75. The predicted octanol–water partition coefficient (Wildman–Crippen LogP) is 2.41. The fourth-order valence-corrected chi connectivity index (χ4v) is 1.56. The quantitative estimate of drug-likeness (QED) is 0.499. The lowest BCUT2D eigenvalue weighted by Gasteiger charge is -1.94. The Morgan fingerprint density at radius 2 is 2.07 bits per heavy atom. The van der Waals surface area contributed by atoms with Gasteiger partial charge in [0.05, 0.1) is 0 Å². The van der Waals surface area contributed by atoms with Crippen molar-refractivity contribution in [3.05, 3.63) is 41.5 Å². The van der Waals surface area contributed by atoms with Gasteiger partial charge in [-0.05, 0) is 18.6 Å². The molecule has 2 nitrogen and oxygen atoms in total. The van der Waals surface area contributed by atoms with E-state index in [1.807, 2.05) is 43.3 Å². The first-order valence-corrected chi connectivity index (χ1v) is 4.72. The van der Waals surface area contributed by atoms with E-state index in [1.165, 1.54) is 0 Å². The van der Waals surface area contributed by atoms with Gasteiger partial charge in [-0.15, -0.1) is 0 Å². The zero-order chi connectivity index (χ0) is 9.97. The van der Waals surface area contributed by atoms with Crippen LogP contribution in [-0.4, -0.2) is 12.1 Å². The van der Waals surface area contributed by atoms with Crippen molar-refractivity contribution in [2.45, 2.75) is 19.4 Å². The molecule has 0 saturated carbocycles. The number of ether oxygens (including phenoxy) is 1. The molecule has 1 aliphatic rings. The molecule has 14 heavy (non-hydrogen) atoms. The molecule has 0 amide bonds. The molecule has 0 radical (unpaired) electrons. The van der Waals surface area contributed by atoms with E-state index < -0.39 is 0 Å². The minimum absolute atomic E-state index is 0.0254. The summed E-state index contributed by atoms with van der Waals surface area (Å²) in [7, 11) is 0. The maximum Gasteiger partial charge on any atom is 0.334 e. The highest BCUT2D eigenvalue weighted by Gasteiger charge is 2.24. The van der Waals surface area contributed by atoms with E-state index >= 15 is 0 Å². The third-order valence-corrected chi connectivity index (χ3v) is 2.22. The number of carbonyl (C=O) groups is 1. The van der Waals surface area contributed by atoms with Crippen molar-refractivity contribution < 1.29 is 9.53 Å². The van der Waals surface area contributed by atoms with Crippen molar-refractivity contribution in [3.63, 3.8) is 0 Å². The number of carbonyl (C=O) groups excluding carboxylic acids is 1. The van der Waals surface area contributed by atoms with Gasteiger partial charge in [-0.3, -0.25) is 0 Å². The van der Waals surface area contributed by atoms with Gasteiger partial charge in [0.2, 0.25) is 0 Å². The normalized spacial score (nSPS) is 23.9. The Balaban J connectivity index is 2.23. The Bertz CT molecular complexity index is 365. The number of cyclic esters (lactones) is 1. The molecule has 1 heterocycles. The van der Waals surface area contributed by atoms with Crippen LogP contribution in [0.5, 0.6) is 0 Å². The fraction of sp³-hybridized carbons (Fsp3) is 0.250. The molecule has 2 heteroatoms. The number of esters is 1. The summed E-state index contributed by atoms with van der Waals surface area (Å²) in [5, 5.41) is 0. The maximum atomic E-state index is 11.3. The molecular weight excluding hydrogens is 176 g/mol. The van der Waals surface area contributed by atoms with E-state index in [9.17, 15) is 4.79 Å². The monoisotopic (exact) mass is 188 g/mol. The zero-order valence-electron chi connectivity index (χ0n) is 8.07. The molecule has 1 aliphatic heterocycles. The van der Waals surface area contributed by atoms with Gasteiger partial charge in [-0.1, -0.05) is 30.3 Å². The third kappa shape index (κ3) is 1.84. The van der Waals surface area contributed by atoms with Gasteiger partial charge in [0.25, 0.3) is 0 Å². The summed E-state index contributed by atoms with van der Waals surface area (Å²) in [6.45, 7) is 1.91. The summed E-state index contributed by atoms with van der Waals surface area (Å²) in [6, 6.07) is 9.82. The summed E-state index contributed by atoms with van der Waals surface area (Å²) in [5.74, 6) is -0.179. The Labute approximate surface area is 83.2 Å². The molecule has 1 saturated heterocycles. The molecule has 72 valence electrons. The molecule has 1 aromatic carbocycles. The lowest BCUT2D eigenvalue weighted by molar-refractivity contribution is -0.138. The molecule has 2 rings (SSSR count). The van der Waals surface area contributed by atoms with E-state index in [2.05, 4.69) is 0 Å². The standard InChI is InChI=1S/C12H12O2/c1-9-7-11(12(13)14-9)8-10-5-3-2-4-6-10/h2-6,8-9H,7H2,1H3/b11-8+. The average molecular weight is 188 g/mol. The molecule has 0 aromatic heterocycles. The van der Waals surface area contributed by atoms with E-state index in [1.54, 1.807) is 0 Å². The average Bonchev–Trinajstić information content (AvgIpc) is 2.47. The number of benzene rings is 1. The molecule has 1 aromatic rings. The van der Waals surface area contributed by atoms with Crippen LogP contribution in [0.4, 0.5) is 0 Å². The van der Waals surface area contributed by atoms with Crippen LogP contribution in [0.25, 0.3) is 6.08 Å². The Morgan fingerprint density at radius 1 is 1.36 bits per heavy atom. The fourth-order valence-electron chi connectivity index (χ4n) is 1.56. The second-order valence-corrected chi connectivity index (χ2v) is 3.50. The number of hydrogen-bond acceptors (Lipinski definition) is 2. The van der Waals surface area contributed by atoms with Crippen molar-refractivity contribution in [2.75, 3.05) is 0 Å². The first kappa shape index (κ1) is 9.00. The van der Waals surface area contributed by atoms with Crippen LogP contribution in [0.2, 0.25) is 0 Å². The summed E-state index contributed by atoms with van der Waals surface area (Å²) in [5.41, 5.74) is 1.82. The van der Waals surface area contributed by atoms with E-state index in [-0.39, 0.29) is 12.1 Å². The van der Waals surface area contributed by atoms with Crippen molar-refractivity contribution >= 4 is 12.0 Å². The van der Waals surface area contributed by atoms with E-state index in [0.717, 1.165) is 11.1 Å². The summed E-state index contributed by atoms with van der Waals surface area (Å²) in [6.07, 6.45) is 2.64. The van der Waals surface area contributed by atoms with E-state index in [4.69, 9.17) is 4.74 Å². The van der Waals surface area contributed by atoms with Gasteiger partial charge in [-0.2, -0.15) is 0 Å². The number of rotatable bonds is 1. The van der Waals surface area contributed by atoms with Crippen LogP contribution in [0.1, 0.15) is 18.9 Å². The highest BCUT2D eigenvalue weighted by molar-refractivity contribution is 5.95. The van der Waals surface area contributed by atoms with Crippen molar-refractivity contribution in [2.24, 2.45) is 0 Å². The molecule has 1 unspecified atom stereocenters. The molecule has 0 bridgehead atoms. The largest absolute Gasteiger partial charge is 0.459 e. The van der Waals surface area contributed by atoms with Gasteiger partial charge in [0, 0.05) is 12.0 Å². The highest BCUT2D eigenvalue weighted by Crippen LogP contribution is 2.22. The maximum absolute atomic E-state index is 11.3. The minimum Gasteiger partial charge on any atom is -0.459 e. The van der Waals surface area contributed by atoms with Gasteiger partial charge < -0.3 is 4.74 Å².